The summed E-state index contributed by atoms with van der Waals surface area (Å²) in [6.07, 6.45) is 1.78. The summed E-state index contributed by atoms with van der Waals surface area (Å²) >= 11 is 0. The molecular formula is C18H15N3O4. The molecule has 1 heterocycles. The molecule has 0 fully saturated rings. The lowest BCUT2D eigenvalue weighted by Gasteiger charge is -2.11. The molecule has 0 saturated carbocycles. The third-order valence-electron chi connectivity index (χ3n) is 3.74. The molecule has 25 heavy (non-hydrogen) atoms. The number of carbonyl (C=O) groups is 1. The molecule has 0 aliphatic rings. The van der Waals surface area contributed by atoms with Crippen molar-refractivity contribution in [2.75, 3.05) is 12.4 Å². The molecule has 0 radical (unpaired) electrons. The van der Waals surface area contributed by atoms with Gasteiger partial charge in [-0.25, -0.2) is 0 Å². The monoisotopic (exact) mass is 337 g/mol. The summed E-state index contributed by atoms with van der Waals surface area (Å²) in [6, 6.07) is 13.1. The number of carbonyl (C=O) groups excluding carboxylic acids is 1. The standard InChI is InChI=1S/C18H15N3O4/c1-25-16-9-8-15(14-3-2-10-19-18(14)16)20-17(22)11-12-4-6-13(7-5-12)21(23)24/h2-10H,11H2,1H3,(H,20,22). The zero-order chi connectivity index (χ0) is 17.8. The Morgan fingerprint density at radius 2 is 1.96 bits per heavy atom. The molecule has 0 atom stereocenters. The van der Waals surface area contributed by atoms with Crippen LogP contribution in [0.1, 0.15) is 5.56 Å². The summed E-state index contributed by atoms with van der Waals surface area (Å²) < 4.78 is 5.28. The van der Waals surface area contributed by atoms with E-state index in [2.05, 4.69) is 10.3 Å². The first-order valence-electron chi connectivity index (χ1n) is 7.53. The molecular weight excluding hydrogens is 322 g/mol. The van der Waals surface area contributed by atoms with Gasteiger partial charge in [-0.3, -0.25) is 19.9 Å². The zero-order valence-electron chi connectivity index (χ0n) is 13.4. The maximum Gasteiger partial charge on any atom is 0.269 e. The molecule has 7 nitrogen and oxygen atoms in total. The van der Waals surface area contributed by atoms with Gasteiger partial charge in [0.15, 0.2) is 0 Å². The quantitative estimate of drug-likeness (QED) is 0.569. The minimum absolute atomic E-state index is 0.00335. The van der Waals surface area contributed by atoms with Gasteiger partial charge in [0.25, 0.3) is 5.69 Å². The van der Waals surface area contributed by atoms with Crippen molar-refractivity contribution in [1.29, 1.82) is 0 Å². The van der Waals surface area contributed by atoms with Crippen LogP contribution in [0, 0.1) is 10.1 Å². The topological polar surface area (TPSA) is 94.4 Å². The average molecular weight is 337 g/mol. The molecule has 0 bridgehead atoms. The maximum atomic E-state index is 12.3. The molecule has 3 rings (SSSR count). The zero-order valence-corrected chi connectivity index (χ0v) is 13.4. The Balaban J connectivity index is 1.79. The number of methoxy groups -OCH3 is 1. The summed E-state index contributed by atoms with van der Waals surface area (Å²) in [6.45, 7) is 0. The fraction of sp³-hybridized carbons (Fsp3) is 0.111. The molecule has 0 unspecified atom stereocenters. The molecule has 0 aliphatic heterocycles. The van der Waals surface area contributed by atoms with Crippen LogP contribution < -0.4 is 10.1 Å². The van der Waals surface area contributed by atoms with E-state index in [0.29, 0.717) is 22.5 Å². The number of anilines is 1. The van der Waals surface area contributed by atoms with Crippen molar-refractivity contribution >= 4 is 28.2 Å². The Bertz CT molecular complexity index is 939. The molecule has 0 saturated heterocycles. The van der Waals surface area contributed by atoms with E-state index in [1.165, 1.54) is 12.1 Å². The van der Waals surface area contributed by atoms with Crippen LogP contribution in [0.25, 0.3) is 10.9 Å². The number of fused-ring (bicyclic) bond motifs is 1. The molecule has 1 aromatic heterocycles. The van der Waals surface area contributed by atoms with Crippen LogP contribution in [0.4, 0.5) is 11.4 Å². The van der Waals surface area contributed by atoms with Gasteiger partial charge >= 0.3 is 0 Å². The number of pyridine rings is 1. The van der Waals surface area contributed by atoms with Gasteiger partial charge in [0.05, 0.1) is 24.1 Å². The van der Waals surface area contributed by atoms with Gasteiger partial charge in [-0.2, -0.15) is 0 Å². The van der Waals surface area contributed by atoms with Gasteiger partial charge in [-0.1, -0.05) is 12.1 Å². The summed E-state index contributed by atoms with van der Waals surface area (Å²) in [7, 11) is 1.57. The van der Waals surface area contributed by atoms with E-state index in [0.717, 1.165) is 5.39 Å². The first-order valence-corrected chi connectivity index (χ1v) is 7.53. The normalized spacial score (nSPS) is 10.4. The number of aromatic nitrogens is 1. The van der Waals surface area contributed by atoms with Crippen LogP contribution in [0.3, 0.4) is 0 Å². The predicted molar refractivity (Wildman–Crippen MR) is 93.7 cm³/mol. The van der Waals surface area contributed by atoms with Gasteiger partial charge in [0.2, 0.25) is 5.91 Å². The number of amides is 1. The number of nitro groups is 1. The number of nitrogens with one attached hydrogen (secondary N) is 1. The van der Waals surface area contributed by atoms with E-state index in [-0.39, 0.29) is 18.0 Å². The predicted octanol–water partition coefficient (Wildman–Crippen LogP) is 3.33. The van der Waals surface area contributed by atoms with Crippen LogP contribution in [0.5, 0.6) is 5.75 Å². The van der Waals surface area contributed by atoms with Crippen molar-refractivity contribution in [2.45, 2.75) is 6.42 Å². The molecule has 126 valence electrons. The second-order valence-electron chi connectivity index (χ2n) is 5.36. The van der Waals surface area contributed by atoms with E-state index in [9.17, 15) is 14.9 Å². The third-order valence-corrected chi connectivity index (χ3v) is 3.74. The van der Waals surface area contributed by atoms with E-state index in [1.807, 2.05) is 6.07 Å². The van der Waals surface area contributed by atoms with Crippen LogP contribution in [-0.2, 0) is 11.2 Å². The summed E-state index contributed by atoms with van der Waals surface area (Å²) in [5, 5.41) is 14.3. The lowest BCUT2D eigenvalue weighted by molar-refractivity contribution is -0.384. The van der Waals surface area contributed by atoms with E-state index in [4.69, 9.17) is 4.74 Å². The highest BCUT2D eigenvalue weighted by Gasteiger charge is 2.11. The largest absolute Gasteiger partial charge is 0.494 e. The number of non-ortho nitro benzene ring substituents is 1. The second-order valence-corrected chi connectivity index (χ2v) is 5.36. The molecule has 7 heteroatoms. The highest BCUT2D eigenvalue weighted by Crippen LogP contribution is 2.29. The minimum atomic E-state index is -0.472. The van der Waals surface area contributed by atoms with Crippen LogP contribution in [0.2, 0.25) is 0 Å². The number of rotatable bonds is 5. The summed E-state index contributed by atoms with van der Waals surface area (Å²) in [5.41, 5.74) is 1.99. The van der Waals surface area contributed by atoms with Crippen molar-refractivity contribution in [3.63, 3.8) is 0 Å². The Kier molecular flexibility index (Phi) is 4.56. The van der Waals surface area contributed by atoms with Crippen molar-refractivity contribution in [2.24, 2.45) is 0 Å². The molecule has 0 aliphatic carbocycles. The van der Waals surface area contributed by atoms with Crippen molar-refractivity contribution in [3.8, 4) is 5.75 Å². The lowest BCUT2D eigenvalue weighted by atomic mass is 10.1. The van der Waals surface area contributed by atoms with Crippen LogP contribution >= 0.6 is 0 Å². The van der Waals surface area contributed by atoms with Crippen molar-refractivity contribution < 1.29 is 14.5 Å². The van der Waals surface area contributed by atoms with E-state index in [1.54, 1.807) is 43.6 Å². The Morgan fingerprint density at radius 3 is 2.64 bits per heavy atom. The number of ether oxygens (including phenoxy) is 1. The maximum absolute atomic E-state index is 12.3. The first kappa shape index (κ1) is 16.4. The Morgan fingerprint density at radius 1 is 1.20 bits per heavy atom. The SMILES string of the molecule is COc1ccc(NC(=O)Cc2ccc([N+](=O)[O-])cc2)c2cccnc12. The van der Waals surface area contributed by atoms with E-state index < -0.39 is 4.92 Å². The van der Waals surface area contributed by atoms with Gasteiger partial charge in [-0.15, -0.1) is 0 Å². The Labute approximate surface area is 143 Å². The third kappa shape index (κ3) is 3.55. The van der Waals surface area contributed by atoms with Crippen molar-refractivity contribution in [1.82, 2.24) is 4.98 Å². The highest BCUT2D eigenvalue weighted by atomic mass is 16.6. The number of hydrogen-bond acceptors (Lipinski definition) is 5. The minimum Gasteiger partial charge on any atom is -0.494 e. The summed E-state index contributed by atoms with van der Waals surface area (Å²) in [4.78, 5) is 26.8. The van der Waals surface area contributed by atoms with Crippen LogP contribution in [-0.4, -0.2) is 22.9 Å². The smallest absolute Gasteiger partial charge is 0.269 e. The number of nitro benzene ring substituents is 1. The number of hydrogen-bond donors (Lipinski definition) is 1. The second kappa shape index (κ2) is 6.96. The molecule has 1 amide bonds. The molecule has 0 spiro atoms. The van der Waals surface area contributed by atoms with Gasteiger partial charge in [0.1, 0.15) is 11.3 Å². The van der Waals surface area contributed by atoms with Gasteiger partial charge in [-0.05, 0) is 29.8 Å². The fourth-order valence-electron chi connectivity index (χ4n) is 2.54. The fourth-order valence-corrected chi connectivity index (χ4v) is 2.54. The molecule has 1 N–H and O–H groups in total. The Hall–Kier alpha value is -3.48. The highest BCUT2D eigenvalue weighted by molar-refractivity contribution is 6.03. The average Bonchev–Trinajstić information content (AvgIpc) is 2.62. The molecule has 2 aromatic carbocycles. The van der Waals surface area contributed by atoms with Gasteiger partial charge < -0.3 is 10.1 Å². The summed E-state index contributed by atoms with van der Waals surface area (Å²) in [5.74, 6) is 0.410. The van der Waals surface area contributed by atoms with Crippen molar-refractivity contribution in [3.05, 3.63) is 70.4 Å². The first-order chi connectivity index (χ1) is 12.1. The molecule has 3 aromatic rings. The number of benzene rings is 2. The number of nitrogens with zero attached hydrogens (tertiary/aromatic N) is 2. The van der Waals surface area contributed by atoms with Crippen LogP contribution in [0.15, 0.2) is 54.7 Å². The van der Waals surface area contributed by atoms with Gasteiger partial charge in [0, 0.05) is 23.7 Å². The van der Waals surface area contributed by atoms with E-state index >= 15 is 0 Å². The lowest BCUT2D eigenvalue weighted by Crippen LogP contribution is -2.14.